The number of nitrogens with one attached hydrogen (secondary N) is 4. The normalized spacial score (nSPS) is 11.9. The van der Waals surface area contributed by atoms with Crippen LogP contribution in [-0.4, -0.2) is 95.8 Å². The number of fused-ring (bicyclic) bond motifs is 1. The van der Waals surface area contributed by atoms with Crippen LogP contribution in [0.15, 0.2) is 55.0 Å². The van der Waals surface area contributed by atoms with Gasteiger partial charge in [-0.2, -0.15) is 4.98 Å². The first-order chi connectivity index (χ1) is 20.2. The summed E-state index contributed by atoms with van der Waals surface area (Å²) in [6.45, 7) is 5.68. The molecule has 3 aromatic rings. The first-order valence-electron chi connectivity index (χ1n) is 14.0. The van der Waals surface area contributed by atoms with E-state index in [9.17, 15) is 14.4 Å². The molecule has 12 heteroatoms. The molecule has 0 bridgehead atoms. The second-order valence-corrected chi connectivity index (χ2v) is 10.1. The minimum Gasteiger partial charge on any atom is -0.369 e. The van der Waals surface area contributed by atoms with Crippen molar-refractivity contribution >= 4 is 45.9 Å². The third kappa shape index (κ3) is 9.51. The monoisotopic (exact) mass is 575 g/mol. The van der Waals surface area contributed by atoms with Crippen LogP contribution in [0, 0.1) is 0 Å². The summed E-state index contributed by atoms with van der Waals surface area (Å²) in [5.41, 5.74) is 1.15. The molecule has 2 aromatic heterocycles. The van der Waals surface area contributed by atoms with Crippen molar-refractivity contribution < 1.29 is 14.4 Å². The van der Waals surface area contributed by atoms with Gasteiger partial charge < -0.3 is 31.1 Å². The predicted molar refractivity (Wildman–Crippen MR) is 166 cm³/mol. The number of carbonyl (C=O) groups is 3. The molecule has 12 nitrogen and oxygen atoms in total. The van der Waals surface area contributed by atoms with Crippen molar-refractivity contribution in [3.63, 3.8) is 0 Å². The summed E-state index contributed by atoms with van der Waals surface area (Å²) in [4.78, 5) is 54.1. The summed E-state index contributed by atoms with van der Waals surface area (Å²) in [6, 6.07) is 7.18. The smallest absolute Gasteiger partial charge is 0.256 e. The van der Waals surface area contributed by atoms with Gasteiger partial charge in [0.2, 0.25) is 17.8 Å². The van der Waals surface area contributed by atoms with Crippen LogP contribution < -0.4 is 21.3 Å². The molecule has 0 spiro atoms. The van der Waals surface area contributed by atoms with Crippen molar-refractivity contribution in [3.8, 4) is 0 Å². The summed E-state index contributed by atoms with van der Waals surface area (Å²) < 4.78 is 0. The van der Waals surface area contributed by atoms with E-state index in [1.807, 2.05) is 50.2 Å². The molecule has 0 aliphatic carbocycles. The van der Waals surface area contributed by atoms with Crippen LogP contribution in [0.4, 0.5) is 17.5 Å². The summed E-state index contributed by atoms with van der Waals surface area (Å²) in [7, 11) is 5.42. The molecule has 2 heterocycles. The topological polar surface area (TPSA) is 144 Å². The number of nitrogens with zero attached hydrogens (tertiary/aromatic N) is 5. The molecule has 0 unspecified atom stereocenters. The van der Waals surface area contributed by atoms with Crippen molar-refractivity contribution in [2.24, 2.45) is 0 Å². The fraction of sp³-hybridized carbons (Fsp3) is 0.400. The Hall–Kier alpha value is -4.58. The number of aromatic nitrogens is 3. The van der Waals surface area contributed by atoms with Gasteiger partial charge in [-0.1, -0.05) is 19.1 Å². The van der Waals surface area contributed by atoms with Gasteiger partial charge in [0.25, 0.3) is 5.91 Å². The lowest BCUT2D eigenvalue weighted by molar-refractivity contribution is -0.135. The number of rotatable bonds is 15. The molecule has 0 aliphatic rings. The van der Waals surface area contributed by atoms with E-state index < -0.39 is 6.04 Å². The molecule has 0 radical (unpaired) electrons. The zero-order chi connectivity index (χ0) is 30.5. The van der Waals surface area contributed by atoms with E-state index in [2.05, 4.69) is 36.2 Å². The number of hydrogen-bond acceptors (Lipinski definition) is 9. The van der Waals surface area contributed by atoms with Crippen LogP contribution in [0.5, 0.6) is 0 Å². The fourth-order valence-electron chi connectivity index (χ4n) is 3.87. The third-order valence-corrected chi connectivity index (χ3v) is 6.45. The van der Waals surface area contributed by atoms with Gasteiger partial charge >= 0.3 is 0 Å². The highest BCUT2D eigenvalue weighted by atomic mass is 16.2. The van der Waals surface area contributed by atoms with Crippen LogP contribution in [0.3, 0.4) is 0 Å². The van der Waals surface area contributed by atoms with Gasteiger partial charge in [0.15, 0.2) is 0 Å². The van der Waals surface area contributed by atoms with E-state index in [-0.39, 0.29) is 17.7 Å². The molecule has 4 N–H and O–H groups in total. The average Bonchev–Trinajstić information content (AvgIpc) is 2.98. The van der Waals surface area contributed by atoms with E-state index >= 15 is 0 Å². The molecule has 1 aromatic carbocycles. The standard InChI is InChI=1S/C30H41N9O3/c1-6-13-32-27-25(20-35-30(37-27)36-24-11-10-23-19-31-16-12-22(23)18-24)29(42)34-15-8-14-33-28(41)21(2)39(5)26(40)9-7-17-38(3)4/h7,9-12,16,18-21H,6,8,13-15,17H2,1-5H3,(H,33,41)(H,34,42)(H2,32,35,36,37)/b9-7+/t21-/m0/s1. The molecule has 0 aliphatic heterocycles. The highest BCUT2D eigenvalue weighted by molar-refractivity contribution is 5.98. The average molecular weight is 576 g/mol. The zero-order valence-electron chi connectivity index (χ0n) is 25.0. The minimum absolute atomic E-state index is 0.238. The SMILES string of the molecule is CCCNc1nc(Nc2ccc3cnccc3c2)ncc1C(=O)NCCCNC(=O)[C@H](C)N(C)C(=O)/C=C/CN(C)C. The lowest BCUT2D eigenvalue weighted by atomic mass is 10.1. The molecule has 3 amide bonds. The Morgan fingerprint density at radius 3 is 2.55 bits per heavy atom. The number of pyridine rings is 1. The molecular formula is C30H41N9O3. The van der Waals surface area contributed by atoms with Crippen LogP contribution in [0.2, 0.25) is 0 Å². The molecule has 3 rings (SSSR count). The highest BCUT2D eigenvalue weighted by Crippen LogP contribution is 2.22. The van der Waals surface area contributed by atoms with E-state index in [0.29, 0.717) is 49.9 Å². The van der Waals surface area contributed by atoms with Gasteiger partial charge in [-0.3, -0.25) is 19.4 Å². The molecule has 0 saturated heterocycles. The Labute approximate surface area is 247 Å². The number of benzene rings is 1. The van der Waals surface area contributed by atoms with E-state index in [1.54, 1.807) is 32.4 Å². The van der Waals surface area contributed by atoms with Crippen molar-refractivity contribution in [3.05, 3.63) is 60.6 Å². The number of carbonyl (C=O) groups excluding carboxylic acids is 3. The van der Waals surface area contributed by atoms with Gasteiger partial charge in [-0.25, -0.2) is 4.98 Å². The minimum atomic E-state index is -0.626. The van der Waals surface area contributed by atoms with Crippen molar-refractivity contribution in [2.45, 2.75) is 32.7 Å². The molecule has 0 fully saturated rings. The fourth-order valence-corrected chi connectivity index (χ4v) is 3.87. The maximum atomic E-state index is 12.9. The Morgan fingerprint density at radius 2 is 1.79 bits per heavy atom. The Balaban J connectivity index is 1.51. The molecular weight excluding hydrogens is 534 g/mol. The first kappa shape index (κ1) is 31.9. The van der Waals surface area contributed by atoms with Crippen LogP contribution in [-0.2, 0) is 9.59 Å². The summed E-state index contributed by atoms with van der Waals surface area (Å²) in [6.07, 6.45) is 9.64. The van der Waals surface area contributed by atoms with E-state index in [4.69, 9.17) is 0 Å². The van der Waals surface area contributed by atoms with Crippen molar-refractivity contribution in [2.75, 3.05) is 58.0 Å². The number of likely N-dealkylation sites (N-methyl/N-ethyl adjacent to an activating group) is 2. The first-order valence-corrected chi connectivity index (χ1v) is 14.0. The second kappa shape index (κ2) is 16.0. The Kier molecular flexibility index (Phi) is 12.2. The van der Waals surface area contributed by atoms with Gasteiger partial charge in [-0.05, 0) is 57.4 Å². The van der Waals surface area contributed by atoms with Gasteiger partial charge in [0.1, 0.15) is 17.4 Å². The quantitative estimate of drug-likeness (QED) is 0.159. The molecule has 224 valence electrons. The zero-order valence-corrected chi connectivity index (χ0v) is 25.0. The van der Waals surface area contributed by atoms with Gasteiger partial charge in [0, 0.05) is 69.0 Å². The number of hydrogen-bond donors (Lipinski definition) is 4. The summed E-state index contributed by atoms with van der Waals surface area (Å²) >= 11 is 0. The summed E-state index contributed by atoms with van der Waals surface area (Å²) in [5.74, 6) is -0.00691. The van der Waals surface area contributed by atoms with E-state index in [1.165, 1.54) is 17.2 Å². The number of amides is 3. The van der Waals surface area contributed by atoms with Crippen LogP contribution >= 0.6 is 0 Å². The Bertz CT molecular complexity index is 1390. The highest BCUT2D eigenvalue weighted by Gasteiger charge is 2.20. The van der Waals surface area contributed by atoms with Gasteiger partial charge in [0.05, 0.1) is 0 Å². The van der Waals surface area contributed by atoms with Crippen LogP contribution in [0.25, 0.3) is 10.8 Å². The lowest BCUT2D eigenvalue weighted by Crippen LogP contribution is -2.46. The predicted octanol–water partition coefficient (Wildman–Crippen LogP) is 2.79. The number of anilines is 3. The maximum Gasteiger partial charge on any atom is 0.256 e. The third-order valence-electron chi connectivity index (χ3n) is 6.45. The molecule has 1 atom stereocenters. The van der Waals surface area contributed by atoms with Crippen molar-refractivity contribution in [1.29, 1.82) is 0 Å². The summed E-state index contributed by atoms with van der Waals surface area (Å²) in [5, 5.41) is 14.2. The van der Waals surface area contributed by atoms with E-state index in [0.717, 1.165) is 22.9 Å². The van der Waals surface area contributed by atoms with Crippen molar-refractivity contribution in [1.82, 2.24) is 35.4 Å². The second-order valence-electron chi connectivity index (χ2n) is 10.1. The van der Waals surface area contributed by atoms with Crippen LogP contribution in [0.1, 0.15) is 37.0 Å². The maximum absolute atomic E-state index is 12.9. The molecule has 0 saturated carbocycles. The van der Waals surface area contributed by atoms with Gasteiger partial charge in [-0.15, -0.1) is 0 Å². The molecule has 42 heavy (non-hydrogen) atoms. The Morgan fingerprint density at radius 1 is 1.00 bits per heavy atom. The largest absolute Gasteiger partial charge is 0.369 e. The lowest BCUT2D eigenvalue weighted by Gasteiger charge is -2.23.